The van der Waals surface area contributed by atoms with E-state index < -0.39 is 6.85 Å². The smallest absolute Gasteiger partial charge is 0.201 e. The van der Waals surface area contributed by atoms with Gasteiger partial charge in [-0.3, -0.25) is 0 Å². The average molecular weight is 432 g/mol. The molecule has 1 nitrogen and oxygen atoms in total. The van der Waals surface area contributed by atoms with E-state index in [0.29, 0.717) is 5.56 Å². The molecule has 33 heavy (non-hydrogen) atoms. The van der Waals surface area contributed by atoms with Gasteiger partial charge in [-0.15, -0.1) is 0 Å². The van der Waals surface area contributed by atoms with Crippen LogP contribution in [0.3, 0.4) is 0 Å². The molecule has 0 saturated heterocycles. The number of benzene rings is 3. The van der Waals surface area contributed by atoms with Crippen molar-refractivity contribution in [3.05, 3.63) is 112 Å². The van der Waals surface area contributed by atoms with Crippen molar-refractivity contribution in [2.24, 2.45) is 7.05 Å². The number of aromatic nitrogens is 1. The number of pyridine rings is 1. The lowest BCUT2D eigenvalue weighted by Gasteiger charge is -2.35. The fourth-order valence-electron chi connectivity index (χ4n) is 6.48. The monoisotopic (exact) mass is 431 g/mol. The van der Waals surface area contributed by atoms with Crippen LogP contribution in [0.15, 0.2) is 79.0 Å². The quantitative estimate of drug-likeness (QED) is 0.303. The van der Waals surface area contributed by atoms with Gasteiger partial charge in [0.25, 0.3) is 0 Å². The fourth-order valence-corrected chi connectivity index (χ4v) is 6.48. The number of aryl methyl sites for hydroxylation is 3. The van der Waals surface area contributed by atoms with Gasteiger partial charge >= 0.3 is 0 Å². The minimum Gasteiger partial charge on any atom is -0.201 e. The zero-order chi connectivity index (χ0) is 24.9. The molecular weight excluding hydrogens is 398 g/mol. The minimum atomic E-state index is -2.20. The van der Waals surface area contributed by atoms with Crippen LogP contribution in [-0.2, 0) is 17.9 Å². The van der Waals surface area contributed by atoms with Crippen LogP contribution in [0, 0.1) is 13.8 Å². The van der Waals surface area contributed by atoms with Crippen molar-refractivity contribution < 1.29 is 8.68 Å². The SMILES string of the molecule is [2H]C([2H])([2H])c1c[n+](C)c(-c2ccccc2C)cc1-c1ccc2c(c1)C1(CC1)c1ccccc1C21CC1. The summed E-state index contributed by atoms with van der Waals surface area (Å²) in [4.78, 5) is 0. The Morgan fingerprint density at radius 3 is 2.00 bits per heavy atom. The first-order chi connectivity index (χ1) is 17.2. The summed E-state index contributed by atoms with van der Waals surface area (Å²) in [5.74, 6) is 0. The summed E-state index contributed by atoms with van der Waals surface area (Å²) in [6.45, 7) is -0.0935. The van der Waals surface area contributed by atoms with Crippen LogP contribution in [0.25, 0.3) is 22.4 Å². The Balaban J connectivity index is 1.46. The van der Waals surface area contributed by atoms with Gasteiger partial charge in [-0.1, -0.05) is 54.6 Å². The molecule has 1 aromatic heterocycles. The van der Waals surface area contributed by atoms with E-state index in [0.717, 1.165) is 22.4 Å². The van der Waals surface area contributed by atoms with Crippen molar-refractivity contribution in [2.45, 2.75) is 50.3 Å². The molecule has 0 aliphatic heterocycles. The molecular formula is C32H30N+. The van der Waals surface area contributed by atoms with Crippen molar-refractivity contribution in [3.63, 3.8) is 0 Å². The molecule has 2 spiro atoms. The van der Waals surface area contributed by atoms with E-state index in [-0.39, 0.29) is 10.8 Å². The lowest BCUT2D eigenvalue weighted by atomic mass is 9.68. The maximum absolute atomic E-state index is 8.35. The van der Waals surface area contributed by atoms with Crippen LogP contribution < -0.4 is 4.57 Å². The Labute approximate surface area is 201 Å². The number of hydrogen-bond acceptors (Lipinski definition) is 0. The zero-order valence-corrected chi connectivity index (χ0v) is 19.3. The van der Waals surface area contributed by atoms with Crippen molar-refractivity contribution in [2.75, 3.05) is 0 Å². The summed E-state index contributed by atoms with van der Waals surface area (Å²) in [6.07, 6.45) is 6.55. The van der Waals surface area contributed by atoms with Gasteiger partial charge in [0, 0.05) is 32.1 Å². The molecule has 1 heterocycles. The van der Waals surface area contributed by atoms with Crippen LogP contribution >= 0.6 is 0 Å². The summed E-state index contributed by atoms with van der Waals surface area (Å²) in [6, 6.07) is 26.3. The summed E-state index contributed by atoms with van der Waals surface area (Å²) in [5, 5.41) is 0. The maximum atomic E-state index is 8.35. The molecule has 4 aromatic rings. The molecule has 3 aromatic carbocycles. The van der Waals surface area contributed by atoms with Crippen molar-refractivity contribution >= 4 is 0 Å². The standard InChI is InChI=1S/C32H30N/c1-21-8-4-5-9-24(21)30-19-25(22(2)20-33(30)3)23-12-13-28-29(18-23)32(16-17-32)27-11-7-6-10-26(27)31(28)14-15-31/h4-13,18-20H,14-17H2,1-3H3/q+1/i2D3. The predicted octanol–water partition coefficient (Wildman–Crippen LogP) is 6.94. The number of hydrogen-bond donors (Lipinski definition) is 0. The van der Waals surface area contributed by atoms with Gasteiger partial charge in [-0.2, -0.15) is 0 Å². The van der Waals surface area contributed by atoms with Crippen LogP contribution in [0.4, 0.5) is 0 Å². The number of fused-ring (bicyclic) bond motifs is 6. The molecule has 3 aliphatic carbocycles. The highest BCUT2D eigenvalue weighted by atomic mass is 14.9. The Hall–Kier alpha value is -3.19. The van der Waals surface area contributed by atoms with Crippen LogP contribution in [-0.4, -0.2) is 0 Å². The Bertz CT molecular complexity index is 1550. The molecule has 2 fully saturated rings. The van der Waals surface area contributed by atoms with Gasteiger partial charge in [0.2, 0.25) is 5.69 Å². The molecule has 162 valence electrons. The number of nitrogens with zero attached hydrogens (tertiary/aromatic N) is 1. The number of rotatable bonds is 2. The topological polar surface area (TPSA) is 3.88 Å². The Morgan fingerprint density at radius 2 is 1.33 bits per heavy atom. The van der Waals surface area contributed by atoms with Gasteiger partial charge in [0.15, 0.2) is 6.20 Å². The highest BCUT2D eigenvalue weighted by molar-refractivity contribution is 5.76. The third-order valence-corrected chi connectivity index (χ3v) is 8.51. The molecule has 0 N–H and O–H groups in total. The molecule has 2 saturated carbocycles. The normalized spacial score (nSPS) is 19.9. The first-order valence-corrected chi connectivity index (χ1v) is 12.1. The van der Waals surface area contributed by atoms with E-state index in [1.54, 1.807) is 0 Å². The van der Waals surface area contributed by atoms with Crippen LogP contribution in [0.2, 0.25) is 0 Å². The van der Waals surface area contributed by atoms with E-state index in [1.807, 2.05) is 29.9 Å². The molecule has 0 atom stereocenters. The summed E-state index contributed by atoms with van der Waals surface area (Å²) in [7, 11) is 1.95. The Kier molecular flexibility index (Phi) is 3.21. The molecule has 0 bridgehead atoms. The molecule has 0 amide bonds. The molecule has 1 heteroatoms. The first kappa shape index (κ1) is 16.4. The summed E-state index contributed by atoms with van der Waals surface area (Å²) < 4.78 is 27.0. The fraction of sp³-hybridized carbons (Fsp3) is 0.281. The average Bonchev–Trinajstić information content (AvgIpc) is 3.78. The first-order valence-electron chi connectivity index (χ1n) is 13.6. The van der Waals surface area contributed by atoms with Gasteiger partial charge in [-0.05, 0) is 90.5 Å². The lowest BCUT2D eigenvalue weighted by molar-refractivity contribution is -0.660. The van der Waals surface area contributed by atoms with Gasteiger partial charge in [0.1, 0.15) is 7.05 Å². The van der Waals surface area contributed by atoms with E-state index in [4.69, 9.17) is 4.11 Å². The van der Waals surface area contributed by atoms with E-state index in [9.17, 15) is 0 Å². The summed E-state index contributed by atoms with van der Waals surface area (Å²) >= 11 is 0. The molecule has 0 radical (unpaired) electrons. The molecule has 0 unspecified atom stereocenters. The lowest BCUT2D eigenvalue weighted by Crippen LogP contribution is -2.31. The molecule has 7 rings (SSSR count). The second-order valence-corrected chi connectivity index (χ2v) is 10.4. The maximum Gasteiger partial charge on any atom is 0.213 e. The van der Waals surface area contributed by atoms with E-state index in [2.05, 4.69) is 67.6 Å². The van der Waals surface area contributed by atoms with Crippen molar-refractivity contribution in [1.82, 2.24) is 0 Å². The van der Waals surface area contributed by atoms with Crippen LogP contribution in [0.5, 0.6) is 0 Å². The third-order valence-electron chi connectivity index (χ3n) is 8.51. The van der Waals surface area contributed by atoms with E-state index >= 15 is 0 Å². The van der Waals surface area contributed by atoms with Crippen molar-refractivity contribution in [1.29, 1.82) is 0 Å². The summed E-state index contributed by atoms with van der Waals surface area (Å²) in [5.41, 5.74) is 11.7. The highest BCUT2D eigenvalue weighted by Crippen LogP contribution is 2.68. The predicted molar refractivity (Wildman–Crippen MR) is 134 cm³/mol. The van der Waals surface area contributed by atoms with Gasteiger partial charge in [-0.25, -0.2) is 4.57 Å². The molecule has 3 aliphatic rings. The largest absolute Gasteiger partial charge is 0.213 e. The second kappa shape index (κ2) is 6.44. The third kappa shape index (κ3) is 2.57. The van der Waals surface area contributed by atoms with Crippen molar-refractivity contribution in [3.8, 4) is 22.4 Å². The van der Waals surface area contributed by atoms with Gasteiger partial charge in [0.05, 0.1) is 0 Å². The Morgan fingerprint density at radius 1 is 0.697 bits per heavy atom. The zero-order valence-electron chi connectivity index (χ0n) is 22.3. The van der Waals surface area contributed by atoms with Gasteiger partial charge < -0.3 is 0 Å². The van der Waals surface area contributed by atoms with E-state index in [1.165, 1.54) is 53.5 Å². The van der Waals surface area contributed by atoms with Crippen LogP contribution in [0.1, 0.15) is 63.2 Å². The minimum absolute atomic E-state index is 0.0915. The highest BCUT2D eigenvalue weighted by Gasteiger charge is 2.59. The second-order valence-electron chi connectivity index (χ2n) is 10.4.